The summed E-state index contributed by atoms with van der Waals surface area (Å²) in [5.74, 6) is 0.448. The SMILES string of the molecule is O=C(Cc1ccc(O)cc1)Nc1ncc(-c2ccc(O)cc2)nc1-c1cccc2ccccc12. The lowest BCUT2D eigenvalue weighted by Gasteiger charge is -2.14. The monoisotopic (exact) mass is 447 g/mol. The Bertz CT molecular complexity index is 1470. The molecule has 0 spiro atoms. The first-order valence-corrected chi connectivity index (χ1v) is 10.8. The number of carbonyl (C=O) groups excluding carboxylic acids is 1. The van der Waals surface area contributed by atoms with E-state index >= 15 is 0 Å². The van der Waals surface area contributed by atoms with Crippen LogP contribution in [-0.4, -0.2) is 26.1 Å². The average molecular weight is 447 g/mol. The summed E-state index contributed by atoms with van der Waals surface area (Å²) < 4.78 is 0. The van der Waals surface area contributed by atoms with Gasteiger partial charge in [0.05, 0.1) is 18.3 Å². The molecule has 0 unspecified atom stereocenters. The predicted octanol–water partition coefficient (Wildman–Crippen LogP) is 5.56. The quantitative estimate of drug-likeness (QED) is 0.328. The Labute approximate surface area is 196 Å². The van der Waals surface area contributed by atoms with Crippen LogP contribution in [0.3, 0.4) is 0 Å². The first-order chi connectivity index (χ1) is 16.6. The minimum atomic E-state index is -0.237. The van der Waals surface area contributed by atoms with E-state index in [1.807, 2.05) is 42.5 Å². The molecule has 0 aliphatic rings. The van der Waals surface area contributed by atoms with E-state index in [0.29, 0.717) is 17.2 Å². The number of hydrogen-bond acceptors (Lipinski definition) is 5. The van der Waals surface area contributed by atoms with Crippen molar-refractivity contribution in [2.75, 3.05) is 5.32 Å². The summed E-state index contributed by atoms with van der Waals surface area (Å²) in [5, 5.41) is 24.1. The number of anilines is 1. The molecule has 0 aliphatic heterocycles. The van der Waals surface area contributed by atoms with Crippen LogP contribution in [0.4, 0.5) is 5.82 Å². The number of phenols is 2. The lowest BCUT2D eigenvalue weighted by molar-refractivity contribution is -0.115. The molecule has 0 saturated heterocycles. The minimum absolute atomic E-state index is 0.136. The van der Waals surface area contributed by atoms with Crippen LogP contribution in [0.1, 0.15) is 5.56 Å². The van der Waals surface area contributed by atoms with Gasteiger partial charge in [-0.25, -0.2) is 9.97 Å². The molecule has 0 radical (unpaired) electrons. The zero-order valence-electron chi connectivity index (χ0n) is 18.1. The second kappa shape index (κ2) is 9.03. The van der Waals surface area contributed by atoms with Crippen molar-refractivity contribution in [3.8, 4) is 34.0 Å². The van der Waals surface area contributed by atoms with Crippen LogP contribution in [0, 0.1) is 0 Å². The highest BCUT2D eigenvalue weighted by molar-refractivity contribution is 6.01. The van der Waals surface area contributed by atoms with Crippen LogP contribution < -0.4 is 5.32 Å². The Morgan fingerprint density at radius 3 is 2.24 bits per heavy atom. The number of rotatable bonds is 5. The molecule has 4 aromatic carbocycles. The summed E-state index contributed by atoms with van der Waals surface area (Å²) in [6.45, 7) is 0. The van der Waals surface area contributed by atoms with Crippen LogP contribution in [-0.2, 0) is 11.2 Å². The van der Waals surface area contributed by atoms with Gasteiger partial charge in [-0.15, -0.1) is 0 Å². The molecule has 34 heavy (non-hydrogen) atoms. The highest BCUT2D eigenvalue weighted by Crippen LogP contribution is 2.33. The largest absolute Gasteiger partial charge is 0.508 e. The average Bonchev–Trinajstić information content (AvgIpc) is 2.86. The van der Waals surface area contributed by atoms with E-state index in [1.54, 1.807) is 54.7 Å². The fourth-order valence-electron chi connectivity index (χ4n) is 3.85. The van der Waals surface area contributed by atoms with Gasteiger partial charge in [-0.2, -0.15) is 0 Å². The Kier molecular flexibility index (Phi) is 5.62. The summed E-state index contributed by atoms with van der Waals surface area (Å²) in [7, 11) is 0. The number of amides is 1. The number of benzene rings is 4. The minimum Gasteiger partial charge on any atom is -0.508 e. The van der Waals surface area contributed by atoms with E-state index in [9.17, 15) is 15.0 Å². The molecule has 0 bridgehead atoms. The van der Waals surface area contributed by atoms with Gasteiger partial charge in [-0.05, 0) is 52.7 Å². The van der Waals surface area contributed by atoms with Crippen molar-refractivity contribution in [3.05, 3.63) is 103 Å². The van der Waals surface area contributed by atoms with E-state index in [1.165, 1.54) is 0 Å². The maximum atomic E-state index is 12.8. The van der Waals surface area contributed by atoms with E-state index in [4.69, 9.17) is 4.98 Å². The van der Waals surface area contributed by atoms with E-state index < -0.39 is 0 Å². The Morgan fingerprint density at radius 1 is 0.794 bits per heavy atom. The Balaban J connectivity index is 1.57. The van der Waals surface area contributed by atoms with Gasteiger partial charge in [-0.3, -0.25) is 4.79 Å². The van der Waals surface area contributed by atoms with Gasteiger partial charge in [0, 0.05) is 11.1 Å². The summed E-state index contributed by atoms with van der Waals surface area (Å²) in [5.41, 5.74) is 3.61. The van der Waals surface area contributed by atoms with E-state index in [-0.39, 0.29) is 23.8 Å². The summed E-state index contributed by atoms with van der Waals surface area (Å²) >= 11 is 0. The molecule has 1 amide bonds. The van der Waals surface area contributed by atoms with E-state index in [2.05, 4.69) is 10.3 Å². The van der Waals surface area contributed by atoms with Gasteiger partial charge in [0.25, 0.3) is 0 Å². The Morgan fingerprint density at radius 2 is 1.47 bits per heavy atom. The number of nitrogens with one attached hydrogen (secondary N) is 1. The molecule has 6 heteroatoms. The van der Waals surface area contributed by atoms with Gasteiger partial charge >= 0.3 is 0 Å². The summed E-state index contributed by atoms with van der Waals surface area (Å²) in [4.78, 5) is 22.3. The second-order valence-corrected chi connectivity index (χ2v) is 7.92. The third-order valence-electron chi connectivity index (χ3n) is 5.54. The number of nitrogens with zero attached hydrogens (tertiary/aromatic N) is 2. The number of aromatic hydroxyl groups is 2. The van der Waals surface area contributed by atoms with Gasteiger partial charge in [0.2, 0.25) is 5.91 Å². The Hall–Kier alpha value is -4.71. The lowest BCUT2D eigenvalue weighted by Crippen LogP contribution is -2.16. The molecular weight excluding hydrogens is 426 g/mol. The highest BCUT2D eigenvalue weighted by atomic mass is 16.3. The molecule has 0 fully saturated rings. The van der Waals surface area contributed by atoms with Crippen molar-refractivity contribution in [3.63, 3.8) is 0 Å². The molecule has 6 nitrogen and oxygen atoms in total. The molecule has 0 atom stereocenters. The third kappa shape index (κ3) is 4.42. The third-order valence-corrected chi connectivity index (χ3v) is 5.54. The zero-order valence-corrected chi connectivity index (χ0v) is 18.1. The number of fused-ring (bicyclic) bond motifs is 1. The molecule has 3 N–H and O–H groups in total. The number of hydrogen-bond donors (Lipinski definition) is 3. The molecule has 5 rings (SSSR count). The lowest BCUT2D eigenvalue weighted by atomic mass is 10.0. The molecule has 1 aromatic heterocycles. The summed E-state index contributed by atoms with van der Waals surface area (Å²) in [6.07, 6.45) is 1.74. The molecule has 5 aromatic rings. The van der Waals surface area contributed by atoms with Crippen molar-refractivity contribution < 1.29 is 15.0 Å². The van der Waals surface area contributed by atoms with Gasteiger partial charge < -0.3 is 15.5 Å². The van der Waals surface area contributed by atoms with Gasteiger partial charge in [-0.1, -0.05) is 54.6 Å². The number of phenolic OH excluding ortho intramolecular Hbond substituents is 2. The van der Waals surface area contributed by atoms with Crippen LogP contribution in [0.15, 0.2) is 97.2 Å². The van der Waals surface area contributed by atoms with Crippen molar-refractivity contribution >= 4 is 22.5 Å². The predicted molar refractivity (Wildman–Crippen MR) is 133 cm³/mol. The van der Waals surface area contributed by atoms with Crippen molar-refractivity contribution in [1.82, 2.24) is 9.97 Å². The standard InChI is InChI=1S/C28H21N3O3/c32-21-12-8-18(9-13-21)16-26(34)31-28-27(24-7-3-5-19-4-1-2-6-23(19)24)30-25(17-29-28)20-10-14-22(33)15-11-20/h1-15,17,32-33H,16H2,(H,29,31,34). The normalized spacial score (nSPS) is 10.8. The number of aromatic nitrogens is 2. The van der Waals surface area contributed by atoms with Gasteiger partial charge in [0.15, 0.2) is 5.82 Å². The van der Waals surface area contributed by atoms with Crippen LogP contribution in [0.25, 0.3) is 33.3 Å². The maximum absolute atomic E-state index is 12.8. The van der Waals surface area contributed by atoms with Crippen molar-refractivity contribution in [2.45, 2.75) is 6.42 Å². The van der Waals surface area contributed by atoms with E-state index in [0.717, 1.165) is 27.5 Å². The molecule has 0 aliphatic carbocycles. The van der Waals surface area contributed by atoms with Crippen LogP contribution in [0.2, 0.25) is 0 Å². The van der Waals surface area contributed by atoms with Gasteiger partial charge in [0.1, 0.15) is 17.2 Å². The smallest absolute Gasteiger partial charge is 0.230 e. The highest BCUT2D eigenvalue weighted by Gasteiger charge is 2.16. The summed E-state index contributed by atoms with van der Waals surface area (Å²) in [6, 6.07) is 27.2. The molecular formula is C28H21N3O3. The molecule has 166 valence electrons. The topological polar surface area (TPSA) is 95.3 Å². The van der Waals surface area contributed by atoms with Crippen LogP contribution in [0.5, 0.6) is 11.5 Å². The fraction of sp³-hybridized carbons (Fsp3) is 0.0357. The van der Waals surface area contributed by atoms with Crippen molar-refractivity contribution in [1.29, 1.82) is 0 Å². The number of carbonyl (C=O) groups is 1. The van der Waals surface area contributed by atoms with Crippen LogP contribution >= 0.6 is 0 Å². The maximum Gasteiger partial charge on any atom is 0.230 e. The zero-order chi connectivity index (χ0) is 23.5. The first kappa shape index (κ1) is 21.2. The first-order valence-electron chi connectivity index (χ1n) is 10.8. The fourth-order valence-corrected chi connectivity index (χ4v) is 3.85. The van der Waals surface area contributed by atoms with Crippen molar-refractivity contribution in [2.24, 2.45) is 0 Å². The molecule has 0 saturated carbocycles. The molecule has 1 heterocycles. The second-order valence-electron chi connectivity index (χ2n) is 7.92.